The maximum atomic E-state index is 11.9. The average molecular weight is 289 g/mol. The number of fused-ring (bicyclic) bond motifs is 2. The third-order valence-corrected chi connectivity index (χ3v) is 4.38. The number of hydrogen-bond donors (Lipinski definition) is 1. The summed E-state index contributed by atoms with van der Waals surface area (Å²) < 4.78 is 10.8. The number of hydrogen-bond acceptors (Lipinski definition) is 4. The molecule has 1 aromatic carbocycles. The van der Waals surface area contributed by atoms with Crippen LogP contribution in [0, 0.1) is 5.92 Å². The normalized spacial score (nSPS) is 27.3. The van der Waals surface area contributed by atoms with E-state index in [0.717, 1.165) is 18.6 Å². The molecular formula is C17H23NO3. The molecule has 3 rings (SSSR count). The smallest absolute Gasteiger partial charge is 0.306 e. The number of benzene rings is 1. The van der Waals surface area contributed by atoms with Gasteiger partial charge in [0.25, 0.3) is 0 Å². The lowest BCUT2D eigenvalue weighted by molar-refractivity contribution is -0.145. The first-order valence-corrected chi connectivity index (χ1v) is 7.89. The summed E-state index contributed by atoms with van der Waals surface area (Å²) >= 11 is 0. The van der Waals surface area contributed by atoms with Gasteiger partial charge in [-0.15, -0.1) is 0 Å². The van der Waals surface area contributed by atoms with Crippen molar-refractivity contribution in [1.82, 2.24) is 5.32 Å². The number of ether oxygens (including phenoxy) is 2. The van der Waals surface area contributed by atoms with Crippen LogP contribution in [0.15, 0.2) is 30.3 Å². The highest BCUT2D eigenvalue weighted by molar-refractivity contribution is 5.69. The maximum absolute atomic E-state index is 11.9. The quantitative estimate of drug-likeness (QED) is 0.646. The molecule has 21 heavy (non-hydrogen) atoms. The van der Waals surface area contributed by atoms with Gasteiger partial charge in [-0.25, -0.2) is 0 Å². The van der Waals surface area contributed by atoms with Crippen molar-refractivity contribution in [2.75, 3.05) is 13.2 Å². The maximum Gasteiger partial charge on any atom is 0.306 e. The molecule has 4 nitrogen and oxygen atoms in total. The highest BCUT2D eigenvalue weighted by Crippen LogP contribution is 2.32. The third-order valence-electron chi connectivity index (χ3n) is 4.38. The summed E-state index contributed by atoms with van der Waals surface area (Å²) in [6, 6.07) is 10.8. The van der Waals surface area contributed by atoms with Gasteiger partial charge in [-0.05, 0) is 43.7 Å². The molecule has 2 unspecified atom stereocenters. The molecule has 2 bridgehead atoms. The average Bonchev–Trinajstić information content (AvgIpc) is 2.84. The Hall–Kier alpha value is -1.55. The number of rotatable bonds is 6. The molecule has 1 N–H and O–H groups in total. The second-order valence-corrected chi connectivity index (χ2v) is 6.06. The standard InChI is InChI=1S/C17H23NO3/c19-17(12-13-10-14-6-7-15(11-13)18-14)21-9-8-20-16-4-2-1-3-5-16/h1-5,13-15,18H,6-12H2. The number of piperidine rings is 1. The highest BCUT2D eigenvalue weighted by atomic mass is 16.6. The lowest BCUT2D eigenvalue weighted by Crippen LogP contribution is -2.38. The fourth-order valence-electron chi connectivity index (χ4n) is 3.47. The third kappa shape index (κ3) is 4.21. The first-order valence-electron chi connectivity index (χ1n) is 7.89. The first kappa shape index (κ1) is 14.4. The van der Waals surface area contributed by atoms with Gasteiger partial charge in [0.15, 0.2) is 0 Å². The fourth-order valence-corrected chi connectivity index (χ4v) is 3.47. The van der Waals surface area contributed by atoms with E-state index in [1.807, 2.05) is 30.3 Å². The molecule has 2 aliphatic heterocycles. The molecule has 0 saturated carbocycles. The van der Waals surface area contributed by atoms with Gasteiger partial charge in [-0.1, -0.05) is 18.2 Å². The second kappa shape index (κ2) is 6.94. The van der Waals surface area contributed by atoms with Crippen molar-refractivity contribution in [2.24, 2.45) is 5.92 Å². The number of nitrogens with one attached hydrogen (secondary N) is 1. The zero-order valence-corrected chi connectivity index (χ0v) is 12.3. The Bertz CT molecular complexity index is 450. The van der Waals surface area contributed by atoms with Crippen molar-refractivity contribution in [2.45, 2.75) is 44.2 Å². The molecule has 2 saturated heterocycles. The summed E-state index contributed by atoms with van der Waals surface area (Å²) in [5.41, 5.74) is 0. The number of carbonyl (C=O) groups is 1. The van der Waals surface area contributed by atoms with E-state index < -0.39 is 0 Å². The van der Waals surface area contributed by atoms with Crippen LogP contribution < -0.4 is 10.1 Å². The molecule has 2 atom stereocenters. The van der Waals surface area contributed by atoms with E-state index in [9.17, 15) is 4.79 Å². The lowest BCUT2D eigenvalue weighted by atomic mass is 9.90. The van der Waals surface area contributed by atoms with E-state index in [1.165, 1.54) is 12.8 Å². The van der Waals surface area contributed by atoms with Crippen LogP contribution in [0.5, 0.6) is 5.75 Å². The summed E-state index contributed by atoms with van der Waals surface area (Å²) in [5.74, 6) is 1.22. The molecule has 0 radical (unpaired) electrons. The Morgan fingerprint density at radius 2 is 1.81 bits per heavy atom. The Labute approximate surface area is 125 Å². The zero-order valence-electron chi connectivity index (χ0n) is 12.3. The summed E-state index contributed by atoms with van der Waals surface area (Å²) in [4.78, 5) is 11.9. The fraction of sp³-hybridized carbons (Fsp3) is 0.588. The Kier molecular flexibility index (Phi) is 4.76. The van der Waals surface area contributed by atoms with E-state index >= 15 is 0 Å². The Morgan fingerprint density at radius 3 is 2.52 bits per heavy atom. The van der Waals surface area contributed by atoms with Crippen LogP contribution in [-0.4, -0.2) is 31.3 Å². The summed E-state index contributed by atoms with van der Waals surface area (Å²) in [6.07, 6.45) is 5.32. The van der Waals surface area contributed by atoms with Gasteiger partial charge in [-0.2, -0.15) is 0 Å². The van der Waals surface area contributed by atoms with Gasteiger partial charge < -0.3 is 14.8 Å². The van der Waals surface area contributed by atoms with Gasteiger partial charge in [0.2, 0.25) is 0 Å². The first-order chi connectivity index (χ1) is 10.3. The van der Waals surface area contributed by atoms with E-state index in [2.05, 4.69) is 5.32 Å². The van der Waals surface area contributed by atoms with Crippen LogP contribution in [0.4, 0.5) is 0 Å². The van der Waals surface area contributed by atoms with Crippen LogP contribution in [0.3, 0.4) is 0 Å². The van der Waals surface area contributed by atoms with Gasteiger partial charge in [0, 0.05) is 18.5 Å². The molecule has 0 spiro atoms. The Balaban J connectivity index is 1.31. The van der Waals surface area contributed by atoms with Crippen molar-refractivity contribution in [3.63, 3.8) is 0 Å². The SMILES string of the molecule is O=C(CC1CC2CCC(C1)N2)OCCOc1ccccc1. The van der Waals surface area contributed by atoms with Crippen molar-refractivity contribution in [3.05, 3.63) is 30.3 Å². The van der Waals surface area contributed by atoms with Crippen LogP contribution in [0.1, 0.15) is 32.1 Å². The monoisotopic (exact) mass is 289 g/mol. The number of para-hydroxylation sites is 1. The number of esters is 1. The molecule has 1 aromatic rings. The largest absolute Gasteiger partial charge is 0.490 e. The molecule has 0 aromatic heterocycles. The van der Waals surface area contributed by atoms with E-state index in [0.29, 0.717) is 37.6 Å². The van der Waals surface area contributed by atoms with Crippen LogP contribution >= 0.6 is 0 Å². The van der Waals surface area contributed by atoms with E-state index in [1.54, 1.807) is 0 Å². The zero-order chi connectivity index (χ0) is 14.5. The van der Waals surface area contributed by atoms with Gasteiger partial charge in [0.05, 0.1) is 0 Å². The Morgan fingerprint density at radius 1 is 1.10 bits per heavy atom. The molecule has 114 valence electrons. The van der Waals surface area contributed by atoms with Crippen molar-refractivity contribution < 1.29 is 14.3 Å². The summed E-state index contributed by atoms with van der Waals surface area (Å²) in [7, 11) is 0. The predicted octanol–water partition coefficient (Wildman–Crippen LogP) is 2.53. The predicted molar refractivity (Wildman–Crippen MR) is 80.2 cm³/mol. The number of carbonyl (C=O) groups excluding carboxylic acids is 1. The summed E-state index contributed by atoms with van der Waals surface area (Å²) in [5, 5.41) is 3.59. The van der Waals surface area contributed by atoms with Crippen molar-refractivity contribution in [3.8, 4) is 5.75 Å². The van der Waals surface area contributed by atoms with E-state index in [4.69, 9.17) is 9.47 Å². The van der Waals surface area contributed by atoms with Gasteiger partial charge >= 0.3 is 5.97 Å². The molecular weight excluding hydrogens is 266 g/mol. The van der Waals surface area contributed by atoms with E-state index in [-0.39, 0.29) is 5.97 Å². The summed E-state index contributed by atoms with van der Waals surface area (Å²) in [6.45, 7) is 0.735. The molecule has 4 heteroatoms. The molecule has 2 fully saturated rings. The second-order valence-electron chi connectivity index (χ2n) is 6.06. The topological polar surface area (TPSA) is 47.6 Å². The molecule has 2 heterocycles. The van der Waals surface area contributed by atoms with Crippen LogP contribution in [0.25, 0.3) is 0 Å². The van der Waals surface area contributed by atoms with Gasteiger partial charge in [0.1, 0.15) is 19.0 Å². The molecule has 0 aliphatic carbocycles. The molecule has 0 amide bonds. The minimum Gasteiger partial charge on any atom is -0.490 e. The van der Waals surface area contributed by atoms with Gasteiger partial charge in [-0.3, -0.25) is 4.79 Å². The molecule has 2 aliphatic rings. The minimum absolute atomic E-state index is 0.0852. The lowest BCUT2D eigenvalue weighted by Gasteiger charge is -2.28. The highest BCUT2D eigenvalue weighted by Gasteiger charge is 2.34. The minimum atomic E-state index is -0.0852. The van der Waals surface area contributed by atoms with Crippen molar-refractivity contribution >= 4 is 5.97 Å². The van der Waals surface area contributed by atoms with Crippen molar-refractivity contribution in [1.29, 1.82) is 0 Å². The van der Waals surface area contributed by atoms with Crippen LogP contribution in [-0.2, 0) is 9.53 Å². The van der Waals surface area contributed by atoms with Crippen LogP contribution in [0.2, 0.25) is 0 Å².